The first-order valence-electron chi connectivity index (χ1n) is 9.19. The molecule has 7 heteroatoms. The Morgan fingerprint density at radius 3 is 2.81 bits per heavy atom. The highest BCUT2D eigenvalue weighted by Gasteiger charge is 2.44. The summed E-state index contributed by atoms with van der Waals surface area (Å²) in [6, 6.07) is 2.87. The molecule has 1 aromatic carbocycles. The van der Waals surface area contributed by atoms with Crippen molar-refractivity contribution < 1.29 is 14.7 Å². The molecule has 1 amide bonds. The molecule has 1 aromatic rings. The van der Waals surface area contributed by atoms with Gasteiger partial charge in [0, 0.05) is 25.1 Å². The van der Waals surface area contributed by atoms with Gasteiger partial charge in [0.1, 0.15) is 5.75 Å². The van der Waals surface area contributed by atoms with Crippen LogP contribution in [0.1, 0.15) is 32.1 Å². The third-order valence-corrected chi connectivity index (χ3v) is 6.52. The lowest BCUT2D eigenvalue weighted by Crippen LogP contribution is -2.44. The third kappa shape index (κ3) is 4.41. The van der Waals surface area contributed by atoms with Gasteiger partial charge in [0.05, 0.1) is 22.3 Å². The average molecular weight is 411 g/mol. The monoisotopic (exact) mass is 410 g/mol. The van der Waals surface area contributed by atoms with E-state index >= 15 is 0 Å². The van der Waals surface area contributed by atoms with Crippen LogP contribution in [0.5, 0.6) is 5.75 Å². The number of nitrogens with zero attached hydrogens (tertiary/aromatic N) is 1. The van der Waals surface area contributed by atoms with E-state index in [1.807, 2.05) is 4.90 Å². The van der Waals surface area contributed by atoms with E-state index < -0.39 is 0 Å². The van der Waals surface area contributed by atoms with Crippen molar-refractivity contribution in [1.29, 1.82) is 0 Å². The summed E-state index contributed by atoms with van der Waals surface area (Å²) in [5, 5.41) is 13.5. The number of Topliss-reactive ketones (excluding diaryl/α,β-unsaturated/α-hetero) is 1. The number of rotatable bonds is 5. The number of phenols is 1. The Balaban J connectivity index is 1.58. The zero-order valence-electron chi connectivity index (χ0n) is 15.1. The van der Waals surface area contributed by atoms with E-state index in [-0.39, 0.29) is 40.3 Å². The van der Waals surface area contributed by atoms with Crippen LogP contribution in [0, 0.1) is 11.3 Å². The van der Waals surface area contributed by atoms with Gasteiger partial charge in [-0.05, 0) is 49.7 Å². The van der Waals surface area contributed by atoms with Crippen molar-refractivity contribution in [2.45, 2.75) is 32.1 Å². The molecule has 0 radical (unpaired) electrons. The van der Waals surface area contributed by atoms with Crippen LogP contribution < -0.4 is 5.32 Å². The van der Waals surface area contributed by atoms with Crippen molar-refractivity contribution in [2.24, 2.45) is 11.3 Å². The lowest BCUT2D eigenvalue weighted by molar-refractivity contribution is -0.129. The van der Waals surface area contributed by atoms with E-state index in [0.717, 1.165) is 38.6 Å². The number of phenolic OH excluding ortho intramolecular Hbond substituents is 1. The smallest absolute Gasteiger partial charge is 0.245 e. The van der Waals surface area contributed by atoms with E-state index in [9.17, 15) is 14.7 Å². The highest BCUT2D eigenvalue weighted by Crippen LogP contribution is 2.48. The van der Waals surface area contributed by atoms with E-state index in [0.29, 0.717) is 17.3 Å². The molecule has 1 aliphatic carbocycles. The van der Waals surface area contributed by atoms with E-state index in [2.05, 4.69) is 11.9 Å². The fraction of sp³-hybridized carbons (Fsp3) is 0.500. The number of halogens is 2. The van der Waals surface area contributed by atoms with E-state index in [1.165, 1.54) is 18.2 Å². The van der Waals surface area contributed by atoms with Crippen LogP contribution in [0.4, 0.5) is 5.69 Å². The maximum atomic E-state index is 12.7. The van der Waals surface area contributed by atoms with Gasteiger partial charge in [-0.2, -0.15) is 0 Å². The van der Waals surface area contributed by atoms with Crippen LogP contribution in [0.25, 0.3) is 0 Å². The van der Waals surface area contributed by atoms with E-state index in [1.54, 1.807) is 0 Å². The van der Waals surface area contributed by atoms with Gasteiger partial charge in [0.15, 0.2) is 5.78 Å². The molecule has 2 atom stereocenters. The van der Waals surface area contributed by atoms with Gasteiger partial charge < -0.3 is 15.3 Å². The second-order valence-corrected chi connectivity index (χ2v) is 8.42. The van der Waals surface area contributed by atoms with E-state index in [4.69, 9.17) is 23.2 Å². The molecule has 2 fully saturated rings. The van der Waals surface area contributed by atoms with Gasteiger partial charge in [0.2, 0.25) is 5.91 Å². The van der Waals surface area contributed by atoms with Crippen molar-refractivity contribution in [3.8, 4) is 5.75 Å². The molecule has 2 aliphatic rings. The minimum absolute atomic E-state index is 0.0267. The second kappa shape index (κ2) is 8.11. The molecule has 1 saturated heterocycles. The first-order valence-corrected chi connectivity index (χ1v) is 9.95. The number of nitrogens with one attached hydrogen (secondary N) is 1. The van der Waals surface area contributed by atoms with Gasteiger partial charge in [-0.1, -0.05) is 29.8 Å². The largest absolute Gasteiger partial charge is 0.506 e. The summed E-state index contributed by atoms with van der Waals surface area (Å²) in [6.45, 7) is 5.18. The summed E-state index contributed by atoms with van der Waals surface area (Å²) < 4.78 is 0. The van der Waals surface area contributed by atoms with Gasteiger partial charge in [-0.15, -0.1) is 0 Å². The molecule has 5 nitrogen and oxygen atoms in total. The quantitative estimate of drug-likeness (QED) is 0.561. The summed E-state index contributed by atoms with van der Waals surface area (Å²) in [6.07, 6.45) is 5.99. The number of carbonyl (C=O) groups is 2. The number of likely N-dealkylation sites (tertiary alicyclic amines) is 1. The number of hydrogen-bond acceptors (Lipinski definition) is 4. The lowest BCUT2D eigenvalue weighted by atomic mass is 9.77. The molecule has 2 unspecified atom stereocenters. The minimum atomic E-state index is -0.0362. The van der Waals surface area contributed by atoms with Crippen LogP contribution in [0.15, 0.2) is 24.8 Å². The number of benzene rings is 1. The van der Waals surface area contributed by atoms with Crippen molar-refractivity contribution in [3.63, 3.8) is 0 Å². The topological polar surface area (TPSA) is 69.6 Å². The molecular formula is C20H24Cl2N2O3. The van der Waals surface area contributed by atoms with Crippen LogP contribution in [0.3, 0.4) is 0 Å². The van der Waals surface area contributed by atoms with Gasteiger partial charge in [0.25, 0.3) is 0 Å². The maximum absolute atomic E-state index is 12.7. The molecular weight excluding hydrogens is 387 g/mol. The molecule has 1 spiro atoms. The summed E-state index contributed by atoms with van der Waals surface area (Å²) in [5.74, 6) is 0.0253. The van der Waals surface area contributed by atoms with Gasteiger partial charge in [-0.25, -0.2) is 0 Å². The van der Waals surface area contributed by atoms with Crippen LogP contribution in [0.2, 0.25) is 10.0 Å². The first kappa shape index (κ1) is 20.0. The first-order chi connectivity index (χ1) is 12.8. The SMILES string of the molecule is C=CC(=O)N1CCCC2(CCC(C(=O)CNc3cc(Cl)c(Cl)cc3O)C2)C1. The predicted octanol–water partition coefficient (Wildman–Crippen LogP) is 4.27. The zero-order valence-corrected chi connectivity index (χ0v) is 16.7. The molecule has 0 bridgehead atoms. The van der Waals surface area contributed by atoms with Crippen LogP contribution in [-0.2, 0) is 9.59 Å². The van der Waals surface area contributed by atoms with Crippen molar-refractivity contribution >= 4 is 40.6 Å². The molecule has 146 valence electrons. The van der Waals surface area contributed by atoms with Gasteiger partial charge in [-0.3, -0.25) is 9.59 Å². The molecule has 27 heavy (non-hydrogen) atoms. The molecule has 1 aliphatic heterocycles. The van der Waals surface area contributed by atoms with Crippen LogP contribution in [-0.4, -0.2) is 41.3 Å². The zero-order chi connectivity index (χ0) is 19.6. The molecule has 1 heterocycles. The Morgan fingerprint density at radius 1 is 1.33 bits per heavy atom. The maximum Gasteiger partial charge on any atom is 0.245 e. The molecule has 0 aromatic heterocycles. The average Bonchev–Trinajstić information content (AvgIpc) is 3.06. The number of aromatic hydroxyl groups is 1. The fourth-order valence-corrected chi connectivity index (χ4v) is 4.70. The summed E-state index contributed by atoms with van der Waals surface area (Å²) in [7, 11) is 0. The Kier molecular flexibility index (Phi) is 6.02. The molecule has 1 saturated carbocycles. The highest BCUT2D eigenvalue weighted by atomic mass is 35.5. The summed E-state index contributed by atoms with van der Waals surface area (Å²) in [4.78, 5) is 26.5. The Hall–Kier alpha value is -1.72. The molecule has 3 rings (SSSR count). The Bertz CT molecular complexity index is 768. The third-order valence-electron chi connectivity index (χ3n) is 5.80. The lowest BCUT2D eigenvalue weighted by Gasteiger charge is -2.40. The summed E-state index contributed by atoms with van der Waals surface area (Å²) in [5.41, 5.74) is 0.439. The molecule has 2 N–H and O–H groups in total. The predicted molar refractivity (Wildman–Crippen MR) is 107 cm³/mol. The standard InChI is InChI=1S/C20H24Cl2N2O3/c1-2-19(27)24-7-3-5-20(12-24)6-4-13(10-20)18(26)11-23-16-8-14(21)15(22)9-17(16)25/h2,8-9,13,23,25H,1,3-7,10-12H2. The number of piperidine rings is 1. The normalized spacial score (nSPS) is 24.8. The van der Waals surface area contributed by atoms with Crippen molar-refractivity contribution in [3.05, 3.63) is 34.8 Å². The number of anilines is 1. The fourth-order valence-electron chi connectivity index (χ4n) is 4.38. The van der Waals surface area contributed by atoms with Crippen molar-refractivity contribution in [1.82, 2.24) is 4.90 Å². The van der Waals surface area contributed by atoms with Crippen LogP contribution >= 0.6 is 23.2 Å². The summed E-state index contributed by atoms with van der Waals surface area (Å²) >= 11 is 11.8. The Morgan fingerprint density at radius 2 is 2.07 bits per heavy atom. The highest BCUT2D eigenvalue weighted by molar-refractivity contribution is 6.42. The number of hydrogen-bond donors (Lipinski definition) is 2. The Labute approximate surface area is 169 Å². The second-order valence-electron chi connectivity index (χ2n) is 7.61. The number of ketones is 1. The number of amides is 1. The van der Waals surface area contributed by atoms with Gasteiger partial charge >= 0.3 is 0 Å². The minimum Gasteiger partial charge on any atom is -0.506 e. The van der Waals surface area contributed by atoms with Crippen molar-refractivity contribution in [2.75, 3.05) is 25.0 Å². The number of carbonyl (C=O) groups excluding carboxylic acids is 2.